The van der Waals surface area contributed by atoms with Crippen LogP contribution in [0.4, 0.5) is 4.79 Å². The van der Waals surface area contributed by atoms with Crippen LogP contribution in [0.25, 0.3) is 0 Å². The van der Waals surface area contributed by atoms with Crippen LogP contribution in [0.2, 0.25) is 0 Å². The van der Waals surface area contributed by atoms with Gasteiger partial charge in [-0.2, -0.15) is 0 Å². The molecule has 0 radical (unpaired) electrons. The first-order valence-electron chi connectivity index (χ1n) is 6.50. The Balaban J connectivity index is 1.60. The standard InChI is InChI=1S/C14H20N2O2/c17-13(12-4-2-1-3-5-12)8-9-15-14(18)16-10-11-6-7-11/h1-5,11,13,17H,6-10H2,(H2,15,16,18). The fraction of sp³-hybridized carbons (Fsp3) is 0.500. The first-order valence-corrected chi connectivity index (χ1v) is 6.50. The van der Waals surface area contributed by atoms with Gasteiger partial charge in [0, 0.05) is 13.1 Å². The van der Waals surface area contributed by atoms with Crippen molar-refractivity contribution in [3.63, 3.8) is 0 Å². The summed E-state index contributed by atoms with van der Waals surface area (Å²) in [5, 5.41) is 15.5. The smallest absolute Gasteiger partial charge is 0.314 e. The molecule has 98 valence electrons. The van der Waals surface area contributed by atoms with Crippen LogP contribution in [-0.2, 0) is 0 Å². The topological polar surface area (TPSA) is 61.4 Å². The molecular formula is C14H20N2O2. The molecule has 1 aromatic rings. The fourth-order valence-corrected chi connectivity index (χ4v) is 1.79. The second-order valence-corrected chi connectivity index (χ2v) is 4.80. The van der Waals surface area contributed by atoms with Crippen molar-refractivity contribution in [2.24, 2.45) is 5.92 Å². The lowest BCUT2D eigenvalue weighted by Gasteiger charge is -2.12. The van der Waals surface area contributed by atoms with Crippen molar-refractivity contribution in [1.29, 1.82) is 0 Å². The van der Waals surface area contributed by atoms with Gasteiger partial charge in [-0.1, -0.05) is 30.3 Å². The van der Waals surface area contributed by atoms with Crippen molar-refractivity contribution in [2.45, 2.75) is 25.4 Å². The Morgan fingerprint density at radius 2 is 2.00 bits per heavy atom. The minimum Gasteiger partial charge on any atom is -0.388 e. The van der Waals surface area contributed by atoms with E-state index in [1.165, 1.54) is 12.8 Å². The van der Waals surface area contributed by atoms with Crippen LogP contribution in [0.15, 0.2) is 30.3 Å². The second-order valence-electron chi connectivity index (χ2n) is 4.80. The summed E-state index contributed by atoms with van der Waals surface area (Å²) < 4.78 is 0. The molecule has 0 aliphatic heterocycles. The van der Waals surface area contributed by atoms with Crippen LogP contribution in [0.3, 0.4) is 0 Å². The van der Waals surface area contributed by atoms with Crippen LogP contribution >= 0.6 is 0 Å². The highest BCUT2D eigenvalue weighted by molar-refractivity contribution is 5.73. The van der Waals surface area contributed by atoms with E-state index in [1.807, 2.05) is 30.3 Å². The molecule has 1 atom stereocenters. The van der Waals surface area contributed by atoms with Gasteiger partial charge in [0.15, 0.2) is 0 Å². The third-order valence-corrected chi connectivity index (χ3v) is 3.14. The third kappa shape index (κ3) is 4.37. The highest BCUT2D eigenvalue weighted by Gasteiger charge is 2.21. The molecule has 18 heavy (non-hydrogen) atoms. The van der Waals surface area contributed by atoms with Crippen LogP contribution in [-0.4, -0.2) is 24.2 Å². The Kier molecular flexibility index (Phi) is 4.59. The Morgan fingerprint density at radius 3 is 2.67 bits per heavy atom. The molecule has 0 saturated heterocycles. The second kappa shape index (κ2) is 6.40. The summed E-state index contributed by atoms with van der Waals surface area (Å²) in [5.74, 6) is 0.686. The van der Waals surface area contributed by atoms with Gasteiger partial charge in [0.1, 0.15) is 0 Å². The molecule has 0 heterocycles. The van der Waals surface area contributed by atoms with E-state index in [2.05, 4.69) is 10.6 Å². The first kappa shape index (κ1) is 12.9. The average Bonchev–Trinajstić information content (AvgIpc) is 3.21. The maximum atomic E-state index is 11.4. The van der Waals surface area contributed by atoms with E-state index in [1.54, 1.807) is 0 Å². The summed E-state index contributed by atoms with van der Waals surface area (Å²) in [6.45, 7) is 1.25. The molecule has 0 bridgehead atoms. The number of amides is 2. The molecule has 1 aliphatic carbocycles. The SMILES string of the molecule is O=C(NCCC(O)c1ccccc1)NCC1CC1. The zero-order chi connectivity index (χ0) is 12.8. The zero-order valence-corrected chi connectivity index (χ0v) is 10.4. The molecule has 1 aliphatic rings. The van der Waals surface area contributed by atoms with Crippen molar-refractivity contribution < 1.29 is 9.90 Å². The van der Waals surface area contributed by atoms with Gasteiger partial charge in [-0.15, -0.1) is 0 Å². The third-order valence-electron chi connectivity index (χ3n) is 3.14. The predicted molar refractivity (Wildman–Crippen MR) is 70.1 cm³/mol. The number of urea groups is 1. The summed E-state index contributed by atoms with van der Waals surface area (Å²) in [4.78, 5) is 11.4. The molecule has 4 heteroatoms. The number of rotatable bonds is 6. The summed E-state index contributed by atoms with van der Waals surface area (Å²) in [5.41, 5.74) is 0.887. The van der Waals surface area contributed by atoms with E-state index in [0.29, 0.717) is 18.9 Å². The van der Waals surface area contributed by atoms with Crippen molar-refractivity contribution in [3.8, 4) is 0 Å². The summed E-state index contributed by atoms with van der Waals surface area (Å²) in [6, 6.07) is 9.35. The molecular weight excluding hydrogens is 228 g/mol. The summed E-state index contributed by atoms with van der Waals surface area (Å²) >= 11 is 0. The minimum atomic E-state index is -0.519. The van der Waals surface area contributed by atoms with Gasteiger partial charge in [0.25, 0.3) is 0 Å². The van der Waals surface area contributed by atoms with Crippen LogP contribution < -0.4 is 10.6 Å². The van der Waals surface area contributed by atoms with Crippen LogP contribution in [0.5, 0.6) is 0 Å². The number of hydrogen-bond donors (Lipinski definition) is 3. The Labute approximate surface area is 107 Å². The van der Waals surface area contributed by atoms with Gasteiger partial charge in [0.2, 0.25) is 0 Å². The van der Waals surface area contributed by atoms with Gasteiger partial charge in [-0.25, -0.2) is 4.79 Å². The molecule has 0 aromatic heterocycles. The van der Waals surface area contributed by atoms with Gasteiger partial charge < -0.3 is 15.7 Å². The molecule has 1 unspecified atom stereocenters. The number of carbonyl (C=O) groups is 1. The fourth-order valence-electron chi connectivity index (χ4n) is 1.79. The van der Waals surface area contributed by atoms with Crippen molar-refractivity contribution in [1.82, 2.24) is 10.6 Å². The van der Waals surface area contributed by atoms with Crippen molar-refractivity contribution >= 4 is 6.03 Å². The first-order chi connectivity index (χ1) is 8.75. The van der Waals surface area contributed by atoms with E-state index in [0.717, 1.165) is 12.1 Å². The monoisotopic (exact) mass is 248 g/mol. The largest absolute Gasteiger partial charge is 0.388 e. The lowest BCUT2D eigenvalue weighted by molar-refractivity contribution is 0.167. The Morgan fingerprint density at radius 1 is 1.28 bits per heavy atom. The number of nitrogens with one attached hydrogen (secondary N) is 2. The van der Waals surface area contributed by atoms with E-state index >= 15 is 0 Å². The number of carbonyl (C=O) groups excluding carboxylic acids is 1. The summed E-state index contributed by atoms with van der Waals surface area (Å²) in [6.07, 6.45) is 2.47. The molecule has 1 saturated carbocycles. The quantitative estimate of drug-likeness (QED) is 0.719. The maximum absolute atomic E-state index is 11.4. The molecule has 1 fully saturated rings. The number of hydrogen-bond acceptors (Lipinski definition) is 2. The lowest BCUT2D eigenvalue weighted by Crippen LogP contribution is -2.37. The van der Waals surface area contributed by atoms with Gasteiger partial charge in [-0.05, 0) is 30.7 Å². The van der Waals surface area contributed by atoms with Gasteiger partial charge in [0.05, 0.1) is 6.10 Å². The lowest BCUT2D eigenvalue weighted by atomic mass is 10.1. The van der Waals surface area contributed by atoms with Crippen LogP contribution in [0, 0.1) is 5.92 Å². The Bertz CT molecular complexity index is 377. The minimum absolute atomic E-state index is 0.137. The predicted octanol–water partition coefficient (Wildman–Crippen LogP) is 1.82. The number of aliphatic hydroxyl groups is 1. The van der Waals surface area contributed by atoms with E-state index in [4.69, 9.17) is 0 Å². The highest BCUT2D eigenvalue weighted by Crippen LogP contribution is 2.27. The van der Waals surface area contributed by atoms with Crippen LogP contribution in [0.1, 0.15) is 30.9 Å². The molecule has 1 aromatic carbocycles. The van der Waals surface area contributed by atoms with Gasteiger partial charge in [-0.3, -0.25) is 0 Å². The van der Waals surface area contributed by atoms with Crippen molar-refractivity contribution in [3.05, 3.63) is 35.9 Å². The van der Waals surface area contributed by atoms with Crippen molar-refractivity contribution in [2.75, 3.05) is 13.1 Å². The van der Waals surface area contributed by atoms with Gasteiger partial charge >= 0.3 is 6.03 Å². The maximum Gasteiger partial charge on any atom is 0.314 e. The zero-order valence-electron chi connectivity index (χ0n) is 10.4. The summed E-state index contributed by atoms with van der Waals surface area (Å²) in [7, 11) is 0. The van der Waals surface area contributed by atoms with E-state index in [-0.39, 0.29) is 6.03 Å². The number of aliphatic hydroxyl groups excluding tert-OH is 1. The molecule has 4 nitrogen and oxygen atoms in total. The van der Waals surface area contributed by atoms with E-state index < -0.39 is 6.10 Å². The Hall–Kier alpha value is -1.55. The normalized spacial score (nSPS) is 16.1. The molecule has 2 rings (SSSR count). The average molecular weight is 248 g/mol. The molecule has 2 amide bonds. The molecule has 0 spiro atoms. The highest BCUT2D eigenvalue weighted by atomic mass is 16.3. The number of benzene rings is 1. The van der Waals surface area contributed by atoms with E-state index in [9.17, 15) is 9.90 Å². The molecule has 3 N–H and O–H groups in total.